The molecule has 2 rings (SSSR count). The summed E-state index contributed by atoms with van der Waals surface area (Å²) in [4.78, 5) is 0. The molecule has 0 amide bonds. The number of rotatable bonds is 2. The third-order valence-electron chi connectivity index (χ3n) is 3.40. The molecule has 2 N–H and O–H groups in total. The van der Waals surface area contributed by atoms with Crippen LogP contribution in [0.4, 0.5) is 10.1 Å². The lowest BCUT2D eigenvalue weighted by Gasteiger charge is -2.24. The van der Waals surface area contributed by atoms with Gasteiger partial charge in [-0.15, -0.1) is 0 Å². The molecule has 0 fully saturated rings. The van der Waals surface area contributed by atoms with Crippen LogP contribution in [0.1, 0.15) is 18.1 Å². The molecule has 1 atom stereocenters. The SMILES string of the molecule is C=C(OC)C1(C)Cc2cc(N)c(F)cc2C1. The van der Waals surface area contributed by atoms with Crippen LogP contribution in [0.25, 0.3) is 0 Å². The molecule has 0 radical (unpaired) electrons. The van der Waals surface area contributed by atoms with E-state index in [0.717, 1.165) is 29.7 Å². The summed E-state index contributed by atoms with van der Waals surface area (Å²) in [6, 6.07) is 3.25. The molecule has 0 saturated carbocycles. The summed E-state index contributed by atoms with van der Waals surface area (Å²) in [5, 5.41) is 0. The summed E-state index contributed by atoms with van der Waals surface area (Å²) in [7, 11) is 1.62. The molecule has 2 nitrogen and oxygen atoms in total. The fraction of sp³-hybridized carbons (Fsp3) is 0.385. The minimum Gasteiger partial charge on any atom is -0.501 e. The first-order valence-electron chi connectivity index (χ1n) is 5.26. The van der Waals surface area contributed by atoms with Gasteiger partial charge in [0.05, 0.1) is 18.6 Å². The standard InChI is InChI=1S/C13H16FNO/c1-8(16-3)13(2)6-9-4-11(14)12(15)5-10(9)7-13/h4-5H,1,6-7,15H2,2-3H3. The van der Waals surface area contributed by atoms with E-state index < -0.39 is 0 Å². The number of nitrogens with two attached hydrogens (primary N) is 1. The number of fused-ring (bicyclic) bond motifs is 1. The van der Waals surface area contributed by atoms with Gasteiger partial charge in [0, 0.05) is 5.41 Å². The van der Waals surface area contributed by atoms with E-state index in [-0.39, 0.29) is 16.9 Å². The van der Waals surface area contributed by atoms with Gasteiger partial charge in [-0.25, -0.2) is 4.39 Å². The highest BCUT2D eigenvalue weighted by molar-refractivity contribution is 5.49. The number of hydrogen-bond donors (Lipinski definition) is 1. The predicted molar refractivity (Wildman–Crippen MR) is 62.5 cm³/mol. The van der Waals surface area contributed by atoms with Gasteiger partial charge in [-0.05, 0) is 36.1 Å². The normalized spacial score (nSPS) is 22.9. The molecule has 0 aromatic heterocycles. The van der Waals surface area contributed by atoms with Gasteiger partial charge in [0.25, 0.3) is 0 Å². The fourth-order valence-electron chi connectivity index (χ4n) is 2.35. The van der Waals surface area contributed by atoms with Crippen LogP contribution in [-0.2, 0) is 17.6 Å². The highest BCUT2D eigenvalue weighted by Gasteiger charge is 2.36. The number of nitrogen functional groups attached to an aromatic ring is 1. The summed E-state index contributed by atoms with van der Waals surface area (Å²) in [5.74, 6) is 0.397. The summed E-state index contributed by atoms with van der Waals surface area (Å²) < 4.78 is 18.5. The number of methoxy groups -OCH3 is 1. The Morgan fingerprint density at radius 3 is 2.56 bits per heavy atom. The van der Waals surface area contributed by atoms with E-state index in [2.05, 4.69) is 13.5 Å². The van der Waals surface area contributed by atoms with E-state index in [9.17, 15) is 4.39 Å². The van der Waals surface area contributed by atoms with Crippen LogP contribution in [0, 0.1) is 11.2 Å². The van der Waals surface area contributed by atoms with Crippen molar-refractivity contribution < 1.29 is 9.13 Å². The predicted octanol–water partition coefficient (Wildman–Crippen LogP) is 2.67. The smallest absolute Gasteiger partial charge is 0.146 e. The first kappa shape index (κ1) is 11.0. The Morgan fingerprint density at radius 2 is 2.00 bits per heavy atom. The van der Waals surface area contributed by atoms with Crippen molar-refractivity contribution in [2.75, 3.05) is 12.8 Å². The van der Waals surface area contributed by atoms with Gasteiger partial charge in [0.2, 0.25) is 0 Å². The van der Waals surface area contributed by atoms with Crippen molar-refractivity contribution in [3.63, 3.8) is 0 Å². The van der Waals surface area contributed by atoms with E-state index in [4.69, 9.17) is 10.5 Å². The van der Waals surface area contributed by atoms with Crippen LogP contribution in [0.5, 0.6) is 0 Å². The van der Waals surface area contributed by atoms with Crippen molar-refractivity contribution in [1.82, 2.24) is 0 Å². The fourth-order valence-corrected chi connectivity index (χ4v) is 2.35. The van der Waals surface area contributed by atoms with Crippen LogP contribution >= 0.6 is 0 Å². The molecule has 0 bridgehead atoms. The van der Waals surface area contributed by atoms with Gasteiger partial charge < -0.3 is 10.5 Å². The molecule has 1 aromatic rings. The topological polar surface area (TPSA) is 35.2 Å². The molecular formula is C13H16FNO. The van der Waals surface area contributed by atoms with Gasteiger partial charge >= 0.3 is 0 Å². The third-order valence-corrected chi connectivity index (χ3v) is 3.40. The van der Waals surface area contributed by atoms with Crippen molar-refractivity contribution >= 4 is 5.69 Å². The molecule has 0 heterocycles. The zero-order valence-electron chi connectivity index (χ0n) is 9.64. The third kappa shape index (κ3) is 1.56. The average Bonchev–Trinajstić information content (AvgIpc) is 2.55. The molecule has 16 heavy (non-hydrogen) atoms. The zero-order chi connectivity index (χ0) is 11.9. The van der Waals surface area contributed by atoms with Crippen LogP contribution < -0.4 is 5.73 Å². The monoisotopic (exact) mass is 221 g/mol. The second-order valence-corrected chi connectivity index (χ2v) is 4.68. The van der Waals surface area contributed by atoms with Crippen LogP contribution in [0.15, 0.2) is 24.5 Å². The van der Waals surface area contributed by atoms with Crippen molar-refractivity contribution in [2.45, 2.75) is 19.8 Å². The summed E-state index contributed by atoms with van der Waals surface area (Å²) in [6.45, 7) is 5.98. The Kier molecular flexibility index (Phi) is 2.41. The minimum absolute atomic E-state index is 0.142. The number of allylic oxidation sites excluding steroid dienone is 1. The first-order valence-corrected chi connectivity index (χ1v) is 5.26. The van der Waals surface area contributed by atoms with E-state index in [1.165, 1.54) is 6.07 Å². The van der Waals surface area contributed by atoms with Crippen molar-refractivity contribution in [3.05, 3.63) is 41.4 Å². The highest BCUT2D eigenvalue weighted by Crippen LogP contribution is 2.42. The lowest BCUT2D eigenvalue weighted by molar-refractivity contribution is 0.189. The Labute approximate surface area is 94.9 Å². The molecule has 86 valence electrons. The molecule has 1 unspecified atom stereocenters. The molecule has 0 aliphatic heterocycles. The molecule has 0 spiro atoms. The Hall–Kier alpha value is -1.51. The van der Waals surface area contributed by atoms with E-state index in [1.54, 1.807) is 13.2 Å². The van der Waals surface area contributed by atoms with Crippen LogP contribution in [0.2, 0.25) is 0 Å². The second-order valence-electron chi connectivity index (χ2n) is 4.68. The van der Waals surface area contributed by atoms with E-state index >= 15 is 0 Å². The van der Waals surface area contributed by atoms with Gasteiger partial charge in [-0.2, -0.15) is 0 Å². The maximum atomic E-state index is 13.3. The van der Waals surface area contributed by atoms with Gasteiger partial charge in [0.1, 0.15) is 5.82 Å². The zero-order valence-corrected chi connectivity index (χ0v) is 9.64. The van der Waals surface area contributed by atoms with Crippen LogP contribution in [0.3, 0.4) is 0 Å². The molecule has 1 aliphatic carbocycles. The van der Waals surface area contributed by atoms with Crippen molar-refractivity contribution in [1.29, 1.82) is 0 Å². The molecule has 0 saturated heterocycles. The lowest BCUT2D eigenvalue weighted by atomic mass is 9.85. The van der Waals surface area contributed by atoms with Gasteiger partial charge in [0.15, 0.2) is 0 Å². The Balaban J connectivity index is 2.37. The molecule has 1 aromatic carbocycles. The largest absolute Gasteiger partial charge is 0.501 e. The summed E-state index contributed by atoms with van der Waals surface area (Å²) in [5.41, 5.74) is 7.74. The highest BCUT2D eigenvalue weighted by atomic mass is 19.1. The van der Waals surface area contributed by atoms with Crippen LogP contribution in [-0.4, -0.2) is 7.11 Å². The van der Waals surface area contributed by atoms with Gasteiger partial charge in [-0.3, -0.25) is 0 Å². The Morgan fingerprint density at radius 1 is 1.44 bits per heavy atom. The van der Waals surface area contributed by atoms with Crippen molar-refractivity contribution in [3.8, 4) is 0 Å². The summed E-state index contributed by atoms with van der Waals surface area (Å²) in [6.07, 6.45) is 1.56. The molecule has 3 heteroatoms. The number of anilines is 1. The summed E-state index contributed by atoms with van der Waals surface area (Å²) >= 11 is 0. The maximum Gasteiger partial charge on any atom is 0.146 e. The number of hydrogen-bond acceptors (Lipinski definition) is 2. The van der Waals surface area contributed by atoms with E-state index in [1.807, 2.05) is 0 Å². The number of ether oxygens (including phenoxy) is 1. The average molecular weight is 221 g/mol. The lowest BCUT2D eigenvalue weighted by Crippen LogP contribution is -2.20. The molecular weight excluding hydrogens is 205 g/mol. The van der Waals surface area contributed by atoms with Crippen molar-refractivity contribution in [2.24, 2.45) is 5.41 Å². The molecule has 1 aliphatic rings. The van der Waals surface area contributed by atoms with Gasteiger partial charge in [-0.1, -0.05) is 13.5 Å². The quantitative estimate of drug-likeness (QED) is 0.615. The minimum atomic E-state index is -0.342. The number of benzene rings is 1. The Bertz CT molecular complexity index is 422. The first-order chi connectivity index (χ1) is 7.46. The second kappa shape index (κ2) is 3.51. The van der Waals surface area contributed by atoms with E-state index in [0.29, 0.717) is 0 Å². The number of halogens is 1. The maximum absolute atomic E-state index is 13.3.